The number of carbonyl (C=O) groups is 1. The Bertz CT molecular complexity index is 676. The zero-order valence-corrected chi connectivity index (χ0v) is 16.9. The summed E-state index contributed by atoms with van der Waals surface area (Å²) < 4.78 is 10.9. The SMILES string of the molecule is CCCNC(=O)N1CCCC(N2CCN(Cc3ccc4c(c3)OCO4)CC2)C1. The zero-order chi connectivity index (χ0) is 19.3. The van der Waals surface area contributed by atoms with Crippen molar-refractivity contribution in [3.8, 4) is 11.5 Å². The Kier molecular flexibility index (Phi) is 6.22. The lowest BCUT2D eigenvalue weighted by Crippen LogP contribution is -2.56. The minimum Gasteiger partial charge on any atom is -0.454 e. The van der Waals surface area contributed by atoms with E-state index in [-0.39, 0.29) is 6.03 Å². The van der Waals surface area contributed by atoms with E-state index in [4.69, 9.17) is 9.47 Å². The molecular weight excluding hydrogens is 356 g/mol. The van der Waals surface area contributed by atoms with Crippen LogP contribution in [0, 0.1) is 0 Å². The van der Waals surface area contributed by atoms with Gasteiger partial charge < -0.3 is 19.7 Å². The molecule has 1 aromatic rings. The highest BCUT2D eigenvalue weighted by Gasteiger charge is 2.30. The van der Waals surface area contributed by atoms with Crippen LogP contribution >= 0.6 is 0 Å². The van der Waals surface area contributed by atoms with Gasteiger partial charge in [-0.3, -0.25) is 9.80 Å². The fourth-order valence-electron chi connectivity index (χ4n) is 4.37. The lowest BCUT2D eigenvalue weighted by molar-refractivity contribution is 0.0581. The maximum atomic E-state index is 12.3. The van der Waals surface area contributed by atoms with Gasteiger partial charge in [-0.15, -0.1) is 0 Å². The normalized spacial score (nSPS) is 23.0. The Hall–Kier alpha value is -1.99. The quantitative estimate of drug-likeness (QED) is 0.837. The van der Waals surface area contributed by atoms with Crippen molar-refractivity contribution < 1.29 is 14.3 Å². The highest BCUT2D eigenvalue weighted by molar-refractivity contribution is 5.74. The van der Waals surface area contributed by atoms with E-state index in [1.807, 2.05) is 11.0 Å². The van der Waals surface area contributed by atoms with Crippen LogP contribution in [0.15, 0.2) is 18.2 Å². The summed E-state index contributed by atoms with van der Waals surface area (Å²) in [5.74, 6) is 1.71. The zero-order valence-electron chi connectivity index (χ0n) is 16.9. The number of fused-ring (bicyclic) bond motifs is 1. The van der Waals surface area contributed by atoms with Crippen LogP contribution < -0.4 is 14.8 Å². The number of hydrogen-bond acceptors (Lipinski definition) is 5. The molecule has 1 aromatic carbocycles. The molecule has 0 radical (unpaired) electrons. The van der Waals surface area contributed by atoms with Crippen molar-refractivity contribution >= 4 is 6.03 Å². The average molecular weight is 389 g/mol. The van der Waals surface area contributed by atoms with Crippen molar-refractivity contribution in [2.45, 2.75) is 38.8 Å². The van der Waals surface area contributed by atoms with Crippen molar-refractivity contribution in [2.24, 2.45) is 0 Å². The summed E-state index contributed by atoms with van der Waals surface area (Å²) in [4.78, 5) is 19.4. The Labute approximate surface area is 167 Å². The number of piperidine rings is 1. The van der Waals surface area contributed by atoms with Crippen LogP contribution in [-0.2, 0) is 6.54 Å². The van der Waals surface area contributed by atoms with E-state index in [2.05, 4.69) is 34.2 Å². The first-order chi connectivity index (χ1) is 13.7. The molecule has 2 fully saturated rings. The topological polar surface area (TPSA) is 57.3 Å². The molecule has 3 heterocycles. The number of amides is 2. The predicted octanol–water partition coefficient (Wildman–Crippen LogP) is 2.12. The Morgan fingerprint density at radius 2 is 1.96 bits per heavy atom. The summed E-state index contributed by atoms with van der Waals surface area (Å²) >= 11 is 0. The molecule has 28 heavy (non-hydrogen) atoms. The number of piperazine rings is 1. The molecule has 7 heteroatoms. The number of nitrogens with one attached hydrogen (secondary N) is 1. The molecule has 1 N–H and O–H groups in total. The van der Waals surface area contributed by atoms with Gasteiger partial charge in [-0.2, -0.15) is 0 Å². The molecule has 1 unspecified atom stereocenters. The average Bonchev–Trinajstić information content (AvgIpc) is 3.20. The lowest BCUT2D eigenvalue weighted by atomic mass is 10.0. The van der Waals surface area contributed by atoms with Crippen molar-refractivity contribution in [2.75, 3.05) is 52.6 Å². The highest BCUT2D eigenvalue weighted by atomic mass is 16.7. The number of nitrogens with zero attached hydrogens (tertiary/aromatic N) is 3. The minimum atomic E-state index is 0.105. The smallest absolute Gasteiger partial charge is 0.317 e. The molecule has 1 atom stereocenters. The Morgan fingerprint density at radius 3 is 2.79 bits per heavy atom. The number of likely N-dealkylation sites (tertiary alicyclic amines) is 1. The largest absolute Gasteiger partial charge is 0.454 e. The van der Waals surface area contributed by atoms with Crippen LogP contribution in [0.2, 0.25) is 0 Å². The molecular formula is C21H32N4O3. The van der Waals surface area contributed by atoms with Crippen LogP contribution in [0.3, 0.4) is 0 Å². The third-order valence-corrected chi connectivity index (χ3v) is 5.98. The third-order valence-electron chi connectivity index (χ3n) is 5.98. The van der Waals surface area contributed by atoms with E-state index in [0.29, 0.717) is 12.8 Å². The molecule has 0 aromatic heterocycles. The van der Waals surface area contributed by atoms with Gasteiger partial charge >= 0.3 is 6.03 Å². The second kappa shape index (κ2) is 9.01. The van der Waals surface area contributed by atoms with Crippen LogP contribution in [0.4, 0.5) is 4.79 Å². The Morgan fingerprint density at radius 1 is 1.14 bits per heavy atom. The lowest BCUT2D eigenvalue weighted by Gasteiger charge is -2.43. The number of rotatable bonds is 5. The van der Waals surface area contributed by atoms with Gasteiger partial charge in [0.15, 0.2) is 11.5 Å². The maximum absolute atomic E-state index is 12.3. The van der Waals surface area contributed by atoms with E-state index in [0.717, 1.165) is 76.7 Å². The Balaban J connectivity index is 1.25. The fraction of sp³-hybridized carbons (Fsp3) is 0.667. The number of carbonyl (C=O) groups excluding carboxylic acids is 1. The van der Waals surface area contributed by atoms with Crippen molar-refractivity contribution in [3.63, 3.8) is 0 Å². The summed E-state index contributed by atoms with van der Waals surface area (Å²) in [6, 6.07) is 6.84. The van der Waals surface area contributed by atoms with Gasteiger partial charge in [-0.05, 0) is 37.0 Å². The first-order valence-corrected chi connectivity index (χ1v) is 10.6. The van der Waals surface area contributed by atoms with Crippen LogP contribution in [0.25, 0.3) is 0 Å². The van der Waals surface area contributed by atoms with Crippen LogP contribution in [0.1, 0.15) is 31.7 Å². The second-order valence-corrected chi connectivity index (χ2v) is 7.97. The van der Waals surface area contributed by atoms with E-state index in [1.54, 1.807) is 0 Å². The molecule has 0 bridgehead atoms. The minimum absolute atomic E-state index is 0.105. The number of ether oxygens (including phenoxy) is 2. The fourth-order valence-corrected chi connectivity index (χ4v) is 4.37. The molecule has 0 aliphatic carbocycles. The first-order valence-electron chi connectivity index (χ1n) is 10.6. The highest BCUT2D eigenvalue weighted by Crippen LogP contribution is 2.33. The second-order valence-electron chi connectivity index (χ2n) is 7.97. The van der Waals surface area contributed by atoms with E-state index >= 15 is 0 Å². The van der Waals surface area contributed by atoms with Crippen LogP contribution in [-0.4, -0.2) is 79.4 Å². The van der Waals surface area contributed by atoms with Crippen molar-refractivity contribution in [3.05, 3.63) is 23.8 Å². The standard InChI is InChI=1S/C21H32N4O3/c1-2-7-22-21(26)25-8-3-4-18(15-25)24-11-9-23(10-12-24)14-17-5-6-19-20(13-17)28-16-27-19/h5-6,13,18H,2-4,7-12,14-16H2,1H3,(H,22,26). The van der Waals surface area contributed by atoms with Gasteiger partial charge in [-0.1, -0.05) is 13.0 Å². The summed E-state index contributed by atoms with van der Waals surface area (Å²) in [5, 5.41) is 3.02. The van der Waals surface area contributed by atoms with E-state index < -0.39 is 0 Å². The van der Waals surface area contributed by atoms with Crippen LogP contribution in [0.5, 0.6) is 11.5 Å². The van der Waals surface area contributed by atoms with E-state index in [9.17, 15) is 4.79 Å². The summed E-state index contributed by atoms with van der Waals surface area (Å²) in [6.07, 6.45) is 3.27. The summed E-state index contributed by atoms with van der Waals surface area (Å²) in [6.45, 7) is 10.1. The number of benzene rings is 1. The summed E-state index contributed by atoms with van der Waals surface area (Å²) in [7, 11) is 0. The molecule has 2 amide bonds. The molecule has 3 aliphatic rings. The van der Waals surface area contributed by atoms with Gasteiger partial charge in [0.1, 0.15) is 0 Å². The molecule has 154 valence electrons. The van der Waals surface area contributed by atoms with Gasteiger partial charge in [0.2, 0.25) is 6.79 Å². The predicted molar refractivity (Wildman–Crippen MR) is 108 cm³/mol. The van der Waals surface area contributed by atoms with Gasteiger partial charge in [0, 0.05) is 58.4 Å². The third kappa shape index (κ3) is 4.52. The van der Waals surface area contributed by atoms with Gasteiger partial charge in [0.05, 0.1) is 0 Å². The number of urea groups is 1. The molecule has 0 saturated carbocycles. The van der Waals surface area contributed by atoms with Gasteiger partial charge in [0.25, 0.3) is 0 Å². The molecule has 2 saturated heterocycles. The monoisotopic (exact) mass is 388 g/mol. The van der Waals surface area contributed by atoms with Gasteiger partial charge in [-0.25, -0.2) is 4.79 Å². The van der Waals surface area contributed by atoms with Crippen molar-refractivity contribution in [1.82, 2.24) is 20.0 Å². The first kappa shape index (κ1) is 19.3. The number of hydrogen-bond donors (Lipinski definition) is 1. The van der Waals surface area contributed by atoms with Crippen molar-refractivity contribution in [1.29, 1.82) is 0 Å². The molecule has 3 aliphatic heterocycles. The molecule has 7 nitrogen and oxygen atoms in total. The molecule has 4 rings (SSSR count). The van der Waals surface area contributed by atoms with E-state index in [1.165, 1.54) is 12.0 Å². The maximum Gasteiger partial charge on any atom is 0.317 e. The molecule has 0 spiro atoms. The summed E-state index contributed by atoms with van der Waals surface area (Å²) in [5.41, 5.74) is 1.27.